The molecule has 0 aliphatic carbocycles. The molecule has 0 bridgehead atoms. The van der Waals surface area contributed by atoms with E-state index in [4.69, 9.17) is 0 Å². The molecule has 0 aromatic heterocycles. The van der Waals surface area contributed by atoms with Gasteiger partial charge in [0, 0.05) is 25.1 Å². The molecule has 1 unspecified atom stereocenters. The SMILES string of the molecule is CC(C)C[C@H](NC(=O)c1ccccc1)C(=O)N[C@H]1CCc2cccc3c2N(C1=O)[C@H](C(=O)NCC1CNNN1)C3. The first-order valence-electron chi connectivity index (χ1n) is 13.9. The van der Waals surface area contributed by atoms with Crippen LogP contribution >= 0.6 is 0 Å². The van der Waals surface area contributed by atoms with Gasteiger partial charge in [0.05, 0.1) is 11.7 Å². The van der Waals surface area contributed by atoms with E-state index in [9.17, 15) is 19.2 Å². The molecular formula is C29H37N7O4. The van der Waals surface area contributed by atoms with Gasteiger partial charge >= 0.3 is 0 Å². The van der Waals surface area contributed by atoms with E-state index in [1.807, 2.05) is 38.1 Å². The topological polar surface area (TPSA) is 144 Å². The molecule has 40 heavy (non-hydrogen) atoms. The molecule has 3 heterocycles. The van der Waals surface area contributed by atoms with Crippen LogP contribution in [-0.4, -0.2) is 60.9 Å². The molecule has 11 heteroatoms. The fraction of sp³-hybridized carbons (Fsp3) is 0.448. The molecule has 0 radical (unpaired) electrons. The number of carbonyl (C=O) groups excluding carboxylic acids is 4. The summed E-state index contributed by atoms with van der Waals surface area (Å²) in [6, 6.07) is 12.3. The Morgan fingerprint density at radius 2 is 1.82 bits per heavy atom. The predicted octanol–water partition coefficient (Wildman–Crippen LogP) is 0.317. The van der Waals surface area contributed by atoms with Crippen LogP contribution in [0, 0.1) is 5.92 Å². The Hall–Kier alpha value is -3.80. The Morgan fingerprint density at radius 1 is 1.05 bits per heavy atom. The third-order valence-corrected chi connectivity index (χ3v) is 7.63. The summed E-state index contributed by atoms with van der Waals surface area (Å²) in [6.07, 6.45) is 1.82. The van der Waals surface area contributed by atoms with Crippen LogP contribution in [0.1, 0.15) is 48.2 Å². The van der Waals surface area contributed by atoms with Gasteiger partial charge in [0.1, 0.15) is 18.1 Å². The first-order valence-corrected chi connectivity index (χ1v) is 13.9. The minimum absolute atomic E-state index is 0.0270. The van der Waals surface area contributed by atoms with E-state index in [1.165, 1.54) is 0 Å². The molecule has 6 N–H and O–H groups in total. The van der Waals surface area contributed by atoms with Gasteiger partial charge in [-0.1, -0.05) is 50.2 Å². The lowest BCUT2D eigenvalue weighted by Crippen LogP contribution is -2.57. The second-order valence-corrected chi connectivity index (χ2v) is 11.1. The van der Waals surface area contributed by atoms with Crippen molar-refractivity contribution < 1.29 is 19.2 Å². The number of nitrogens with zero attached hydrogens (tertiary/aromatic N) is 1. The van der Waals surface area contributed by atoms with Crippen molar-refractivity contribution in [3.8, 4) is 0 Å². The summed E-state index contributed by atoms with van der Waals surface area (Å²) in [5, 5.41) is 8.75. The second kappa shape index (κ2) is 12.2. The summed E-state index contributed by atoms with van der Waals surface area (Å²) in [4.78, 5) is 55.3. The molecule has 1 saturated heterocycles. The number of benzene rings is 2. The fourth-order valence-electron chi connectivity index (χ4n) is 5.62. The van der Waals surface area contributed by atoms with Crippen LogP contribution in [0.2, 0.25) is 0 Å². The van der Waals surface area contributed by atoms with Crippen LogP contribution in [0.4, 0.5) is 5.69 Å². The van der Waals surface area contributed by atoms with Crippen LogP contribution in [-0.2, 0) is 27.2 Å². The molecule has 0 saturated carbocycles. The van der Waals surface area contributed by atoms with Crippen LogP contribution in [0.3, 0.4) is 0 Å². The van der Waals surface area contributed by atoms with Gasteiger partial charge in [-0.2, -0.15) is 5.53 Å². The Labute approximate surface area is 233 Å². The number of anilines is 1. The number of hydrogen-bond acceptors (Lipinski definition) is 7. The molecule has 3 aliphatic heterocycles. The summed E-state index contributed by atoms with van der Waals surface area (Å²) < 4.78 is 0. The van der Waals surface area contributed by atoms with Crippen molar-refractivity contribution in [3.63, 3.8) is 0 Å². The van der Waals surface area contributed by atoms with Gasteiger partial charge in [0.25, 0.3) is 5.91 Å². The molecule has 2 aromatic rings. The zero-order chi connectivity index (χ0) is 28.2. The van der Waals surface area contributed by atoms with Gasteiger partial charge in [-0.15, -0.1) is 0 Å². The van der Waals surface area contributed by atoms with Gasteiger partial charge in [-0.25, -0.2) is 10.9 Å². The van der Waals surface area contributed by atoms with E-state index in [-0.39, 0.29) is 29.7 Å². The molecule has 1 fully saturated rings. The first kappa shape index (κ1) is 27.8. The fourth-order valence-corrected chi connectivity index (χ4v) is 5.62. The lowest BCUT2D eigenvalue weighted by Gasteiger charge is -2.29. The van der Waals surface area contributed by atoms with Crippen molar-refractivity contribution in [2.45, 2.75) is 63.7 Å². The summed E-state index contributed by atoms with van der Waals surface area (Å²) >= 11 is 0. The van der Waals surface area contributed by atoms with Gasteiger partial charge in [-0.05, 0) is 48.4 Å². The van der Waals surface area contributed by atoms with Crippen molar-refractivity contribution in [3.05, 3.63) is 65.2 Å². The molecule has 5 rings (SSSR count). The Balaban J connectivity index is 1.32. The van der Waals surface area contributed by atoms with E-state index in [1.54, 1.807) is 29.2 Å². The summed E-state index contributed by atoms with van der Waals surface area (Å²) in [5.41, 5.74) is 12.0. The molecule has 0 spiro atoms. The largest absolute Gasteiger partial charge is 0.353 e. The van der Waals surface area contributed by atoms with Crippen molar-refractivity contribution >= 4 is 29.3 Å². The molecular weight excluding hydrogens is 510 g/mol. The van der Waals surface area contributed by atoms with Crippen molar-refractivity contribution in [1.82, 2.24) is 32.3 Å². The maximum absolute atomic E-state index is 14.0. The summed E-state index contributed by atoms with van der Waals surface area (Å²) in [7, 11) is 0. The van der Waals surface area contributed by atoms with Crippen LogP contribution in [0.15, 0.2) is 48.5 Å². The lowest BCUT2D eigenvalue weighted by molar-refractivity contribution is -0.130. The summed E-state index contributed by atoms with van der Waals surface area (Å²) in [6.45, 7) is 5.01. The smallest absolute Gasteiger partial charge is 0.251 e. The van der Waals surface area contributed by atoms with E-state index in [0.29, 0.717) is 44.3 Å². The zero-order valence-electron chi connectivity index (χ0n) is 22.8. The lowest BCUT2D eigenvalue weighted by atomic mass is 10.00. The number of carbonyl (C=O) groups is 4. The van der Waals surface area contributed by atoms with Gasteiger partial charge in [0.15, 0.2) is 0 Å². The first-order chi connectivity index (χ1) is 19.3. The van der Waals surface area contributed by atoms with Crippen molar-refractivity contribution in [2.24, 2.45) is 5.92 Å². The Bertz CT molecular complexity index is 1260. The van der Waals surface area contributed by atoms with Gasteiger partial charge in [0.2, 0.25) is 17.7 Å². The monoisotopic (exact) mass is 547 g/mol. The normalized spacial score (nSPS) is 22.4. The number of nitrogens with one attached hydrogen (secondary N) is 6. The third kappa shape index (κ3) is 6.01. The highest BCUT2D eigenvalue weighted by Gasteiger charge is 2.44. The minimum Gasteiger partial charge on any atom is -0.353 e. The highest BCUT2D eigenvalue weighted by molar-refractivity contribution is 6.08. The van der Waals surface area contributed by atoms with E-state index >= 15 is 0 Å². The van der Waals surface area contributed by atoms with Crippen LogP contribution in [0.25, 0.3) is 0 Å². The van der Waals surface area contributed by atoms with Crippen LogP contribution < -0.4 is 37.2 Å². The molecule has 4 amide bonds. The second-order valence-electron chi connectivity index (χ2n) is 11.1. The number of para-hydroxylation sites is 1. The number of amides is 4. The van der Waals surface area contributed by atoms with Crippen LogP contribution in [0.5, 0.6) is 0 Å². The molecule has 212 valence electrons. The van der Waals surface area contributed by atoms with Gasteiger partial charge < -0.3 is 16.0 Å². The average molecular weight is 548 g/mol. The maximum Gasteiger partial charge on any atom is 0.251 e. The van der Waals surface area contributed by atoms with E-state index in [2.05, 4.69) is 32.3 Å². The quantitative estimate of drug-likeness (QED) is 0.265. The maximum atomic E-state index is 14.0. The average Bonchev–Trinajstić information content (AvgIpc) is 3.59. The number of hydrazine groups is 2. The predicted molar refractivity (Wildman–Crippen MR) is 150 cm³/mol. The van der Waals surface area contributed by atoms with Crippen molar-refractivity contribution in [2.75, 3.05) is 18.0 Å². The third-order valence-electron chi connectivity index (χ3n) is 7.63. The highest BCUT2D eigenvalue weighted by atomic mass is 16.2. The van der Waals surface area contributed by atoms with E-state index < -0.39 is 24.0 Å². The standard InChI is InChI=1S/C29H37N7O4/c1-17(2)13-23(33-26(37)19-7-4-3-5-8-19)27(38)32-22-12-11-18-9-6-10-20-14-24(36(25(18)20)29(22)40)28(39)30-15-21-16-31-35-34-21/h3-10,17,21-24,31,34-35H,11-16H2,1-2H3,(H,30,39)(H,32,38)(H,33,37)/t21?,22-,23-,24-/m0/s1. The molecule has 3 aliphatic rings. The molecule has 2 aromatic carbocycles. The Kier molecular flexibility index (Phi) is 8.43. The zero-order valence-corrected chi connectivity index (χ0v) is 22.8. The van der Waals surface area contributed by atoms with E-state index in [0.717, 1.165) is 16.8 Å². The number of hydrogen-bond donors (Lipinski definition) is 6. The molecule has 11 nitrogen and oxygen atoms in total. The summed E-state index contributed by atoms with van der Waals surface area (Å²) in [5.74, 6) is -1.16. The van der Waals surface area contributed by atoms with Gasteiger partial charge in [-0.3, -0.25) is 24.1 Å². The van der Waals surface area contributed by atoms with Crippen molar-refractivity contribution in [1.29, 1.82) is 0 Å². The Morgan fingerprint density at radius 3 is 2.55 bits per heavy atom. The molecule has 4 atom stereocenters. The number of aryl methyl sites for hydroxylation is 1. The number of rotatable bonds is 9. The minimum atomic E-state index is -0.825. The highest BCUT2D eigenvalue weighted by Crippen LogP contribution is 2.39.